The van der Waals surface area contributed by atoms with Crippen LogP contribution >= 0.6 is 34.8 Å². The Morgan fingerprint density at radius 3 is 2.40 bits per heavy atom. The summed E-state index contributed by atoms with van der Waals surface area (Å²) in [4.78, 5) is 51.3. The summed E-state index contributed by atoms with van der Waals surface area (Å²) in [5.74, 6) is -4.23. The molecule has 0 N–H and O–H groups in total. The number of hydrogen-bond donors (Lipinski definition) is 0. The molecule has 9 atom stereocenters. The normalized spacial score (nSPS) is 47.1. The average molecular weight is 620 g/mol. The number of allylic oxidation sites excluding steroid dienone is 1. The van der Waals surface area contributed by atoms with Gasteiger partial charge >= 0.3 is 0 Å². The van der Waals surface area contributed by atoms with E-state index in [4.69, 9.17) is 44.3 Å². The lowest BCUT2D eigenvalue weighted by atomic mass is 9.45. The number of fused-ring (bicyclic) bond motifs is 6. The molecule has 4 fully saturated rings. The molecule has 1 aliphatic heterocycles. The van der Waals surface area contributed by atoms with Gasteiger partial charge in [-0.05, 0) is 63.4 Å². The third kappa shape index (κ3) is 4.00. The number of carbonyl (C=O) groups excluding carboxylic acids is 4. The Bertz CT molecular complexity index is 1200. The Hall–Kier alpha value is -0.860. The van der Waals surface area contributed by atoms with Crippen molar-refractivity contribution >= 4 is 57.9 Å². The topological polar surface area (TPSA) is 86.7 Å². The fourth-order valence-electron chi connectivity index (χ4n) is 9.07. The maximum Gasteiger partial charge on any atom is 0.239 e. The van der Waals surface area contributed by atoms with E-state index in [2.05, 4.69) is 0 Å². The fraction of sp³-hybridized carbons (Fsp3) is 0.800. The first-order chi connectivity index (χ1) is 18.5. The molecule has 1 unspecified atom stereocenters. The van der Waals surface area contributed by atoms with Crippen molar-refractivity contribution in [1.29, 1.82) is 0 Å². The van der Waals surface area contributed by atoms with Crippen LogP contribution < -0.4 is 0 Å². The molecule has 5 aliphatic rings. The van der Waals surface area contributed by atoms with E-state index in [1.54, 1.807) is 20.8 Å². The van der Waals surface area contributed by atoms with Crippen LogP contribution in [-0.2, 0) is 28.7 Å². The number of rotatable bonds is 3. The van der Waals surface area contributed by atoms with Crippen LogP contribution in [0.25, 0.3) is 0 Å². The quantitative estimate of drug-likeness (QED) is 0.206. The Kier molecular flexibility index (Phi) is 7.52. The number of ether oxygens (including phenoxy) is 2. The summed E-state index contributed by atoms with van der Waals surface area (Å²) >= 11 is 21.0. The Balaban J connectivity index is 1.58. The minimum Gasteiger partial charge on any atom is -0.339 e. The van der Waals surface area contributed by atoms with Crippen LogP contribution in [0, 0.1) is 22.7 Å². The second-order valence-electron chi connectivity index (χ2n) is 13.4. The molecule has 40 heavy (non-hydrogen) atoms. The molecule has 0 radical (unpaired) electrons. The van der Waals surface area contributed by atoms with Crippen molar-refractivity contribution in [1.82, 2.24) is 0 Å². The third-order valence-corrected chi connectivity index (χ3v) is 12.8. The third-order valence-electron chi connectivity index (χ3n) is 10.9. The standard InChI is InChI=1S/C30H38Cl3FO6/c1-6-7-8-20-18(35)12-22(37)29(40-26(2,3)39-20)10-9-15-16-11-17(34)23-24(32)25(38)19(36)13-28(23,5)30(16,33)21(31)14-27(15,29)4/h15-17,20-21H,6-14H2,1-5H3/t15-,16-,17-,20?,21-,27-,28-,29-,30-/m0/s1. The molecule has 1 heterocycles. The SMILES string of the molecule is CCCCC1OC(C)(C)O[C@@]2(CC[C@H]3[C@@H]4C[C@H](F)C5=C(Cl)C(=O)C(=O)C[C@]5(C)[C@@]4(Cl)[C@@H](Cl)C[C@@]32C)C(=O)CC1=O. The molecule has 5 rings (SSSR count). The highest BCUT2D eigenvalue weighted by Crippen LogP contribution is 2.73. The maximum atomic E-state index is 16.0. The number of ketones is 4. The highest BCUT2D eigenvalue weighted by molar-refractivity contribution is 6.59. The lowest BCUT2D eigenvalue weighted by Crippen LogP contribution is -2.70. The molecular weight excluding hydrogens is 582 g/mol. The van der Waals surface area contributed by atoms with E-state index in [0.29, 0.717) is 19.3 Å². The van der Waals surface area contributed by atoms with Gasteiger partial charge in [-0.3, -0.25) is 19.2 Å². The van der Waals surface area contributed by atoms with Crippen molar-refractivity contribution in [2.75, 3.05) is 0 Å². The number of hydrogen-bond acceptors (Lipinski definition) is 6. The highest BCUT2D eigenvalue weighted by Gasteiger charge is 2.76. The van der Waals surface area contributed by atoms with Crippen molar-refractivity contribution in [3.8, 4) is 0 Å². The number of Topliss-reactive ketones (excluding diaryl/α,β-unsaturated/α-hetero) is 4. The van der Waals surface area contributed by atoms with Crippen LogP contribution in [0.5, 0.6) is 0 Å². The van der Waals surface area contributed by atoms with E-state index in [0.717, 1.165) is 12.8 Å². The van der Waals surface area contributed by atoms with Crippen molar-refractivity contribution < 1.29 is 33.0 Å². The van der Waals surface area contributed by atoms with Gasteiger partial charge in [-0.25, -0.2) is 4.39 Å². The Labute approximate surface area is 250 Å². The van der Waals surface area contributed by atoms with Gasteiger partial charge in [0, 0.05) is 17.3 Å². The van der Waals surface area contributed by atoms with Gasteiger partial charge in [0.05, 0.1) is 21.7 Å². The lowest BCUT2D eigenvalue weighted by molar-refractivity contribution is -0.303. The summed E-state index contributed by atoms with van der Waals surface area (Å²) in [5.41, 5.74) is -3.48. The number of unbranched alkanes of at least 4 members (excludes halogenated alkanes) is 1. The second-order valence-corrected chi connectivity index (χ2v) is 15.0. The molecule has 0 aromatic heterocycles. The molecule has 0 aromatic rings. The Morgan fingerprint density at radius 2 is 1.75 bits per heavy atom. The van der Waals surface area contributed by atoms with Crippen LogP contribution in [0.15, 0.2) is 10.6 Å². The molecule has 0 amide bonds. The summed E-state index contributed by atoms with van der Waals surface area (Å²) in [6.07, 6.45) is 0.284. The van der Waals surface area contributed by atoms with Gasteiger partial charge in [-0.1, -0.05) is 45.2 Å². The minimum absolute atomic E-state index is 0.0439. The first-order valence-electron chi connectivity index (χ1n) is 14.4. The van der Waals surface area contributed by atoms with Gasteiger partial charge in [-0.2, -0.15) is 0 Å². The molecule has 4 aliphatic carbocycles. The van der Waals surface area contributed by atoms with E-state index < -0.39 is 67.3 Å². The fourth-order valence-corrected chi connectivity index (χ4v) is 10.7. The van der Waals surface area contributed by atoms with Crippen molar-refractivity contribution in [2.24, 2.45) is 22.7 Å². The molecule has 10 heteroatoms. The van der Waals surface area contributed by atoms with Crippen LogP contribution in [0.4, 0.5) is 4.39 Å². The monoisotopic (exact) mass is 618 g/mol. The molecule has 1 spiro atoms. The van der Waals surface area contributed by atoms with Gasteiger partial charge in [0.25, 0.3) is 0 Å². The van der Waals surface area contributed by atoms with Gasteiger partial charge in [0.1, 0.15) is 17.9 Å². The molecule has 0 aromatic carbocycles. The van der Waals surface area contributed by atoms with Crippen molar-refractivity contribution in [2.45, 2.75) is 126 Å². The van der Waals surface area contributed by atoms with Gasteiger partial charge in [0.2, 0.25) is 11.6 Å². The summed E-state index contributed by atoms with van der Waals surface area (Å²) in [6, 6.07) is 0. The summed E-state index contributed by atoms with van der Waals surface area (Å²) < 4.78 is 28.9. The van der Waals surface area contributed by atoms with Crippen molar-refractivity contribution in [3.63, 3.8) is 0 Å². The van der Waals surface area contributed by atoms with E-state index in [-0.39, 0.29) is 48.7 Å². The lowest BCUT2D eigenvalue weighted by Gasteiger charge is -2.65. The smallest absolute Gasteiger partial charge is 0.239 e. The molecule has 3 saturated carbocycles. The number of halogens is 4. The largest absolute Gasteiger partial charge is 0.339 e. The molecule has 0 bridgehead atoms. The summed E-state index contributed by atoms with van der Waals surface area (Å²) in [6.45, 7) is 9.11. The Morgan fingerprint density at radius 1 is 1.07 bits per heavy atom. The number of carbonyl (C=O) groups is 4. The average Bonchev–Trinajstić information content (AvgIpc) is 3.13. The first kappa shape index (κ1) is 30.6. The van der Waals surface area contributed by atoms with Crippen LogP contribution in [0.1, 0.15) is 92.4 Å². The molecule has 222 valence electrons. The van der Waals surface area contributed by atoms with E-state index in [9.17, 15) is 19.2 Å². The van der Waals surface area contributed by atoms with Crippen LogP contribution in [0.2, 0.25) is 0 Å². The zero-order valence-corrected chi connectivity index (χ0v) is 26.0. The molecule has 6 nitrogen and oxygen atoms in total. The summed E-state index contributed by atoms with van der Waals surface area (Å²) in [5, 5.41) is -1.20. The van der Waals surface area contributed by atoms with Gasteiger partial charge < -0.3 is 9.47 Å². The predicted molar refractivity (Wildman–Crippen MR) is 149 cm³/mol. The first-order valence-corrected chi connectivity index (χ1v) is 15.6. The maximum absolute atomic E-state index is 16.0. The highest BCUT2D eigenvalue weighted by atomic mass is 35.5. The van der Waals surface area contributed by atoms with Gasteiger partial charge in [-0.15, -0.1) is 23.2 Å². The molecule has 1 saturated heterocycles. The minimum atomic E-state index is -1.59. The summed E-state index contributed by atoms with van der Waals surface area (Å²) in [7, 11) is 0. The zero-order valence-electron chi connectivity index (χ0n) is 23.7. The molecular formula is C30H38Cl3FO6. The van der Waals surface area contributed by atoms with Crippen LogP contribution in [0.3, 0.4) is 0 Å². The predicted octanol–water partition coefficient (Wildman–Crippen LogP) is 6.40. The van der Waals surface area contributed by atoms with E-state index >= 15 is 4.39 Å². The van der Waals surface area contributed by atoms with Crippen molar-refractivity contribution in [3.05, 3.63) is 10.6 Å². The van der Waals surface area contributed by atoms with E-state index in [1.807, 2.05) is 13.8 Å². The van der Waals surface area contributed by atoms with Gasteiger partial charge in [0.15, 0.2) is 17.4 Å². The van der Waals surface area contributed by atoms with Crippen LogP contribution in [-0.4, -0.2) is 57.0 Å². The zero-order chi connectivity index (χ0) is 29.6. The second kappa shape index (κ2) is 9.83. The number of alkyl halides is 3. The van der Waals surface area contributed by atoms with E-state index in [1.165, 1.54) is 0 Å².